The van der Waals surface area contributed by atoms with Crippen LogP contribution < -0.4 is 22.3 Å². The Labute approximate surface area is 103 Å². The van der Waals surface area contributed by atoms with Gasteiger partial charge in [-0.1, -0.05) is 0 Å². The summed E-state index contributed by atoms with van der Waals surface area (Å²) in [5.41, 5.74) is 7.11. The van der Waals surface area contributed by atoms with Gasteiger partial charge in [0.2, 0.25) is 5.91 Å². The molecule has 98 valence electrons. The van der Waals surface area contributed by atoms with E-state index in [-0.39, 0.29) is 29.8 Å². The molecule has 0 radical (unpaired) electrons. The number of pyridine rings is 1. The van der Waals surface area contributed by atoms with Gasteiger partial charge in [0.25, 0.3) is 5.69 Å². The number of nitrogen functional groups attached to an aromatic ring is 1. The average Bonchev–Trinajstić information content (AvgIpc) is 2.27. The van der Waals surface area contributed by atoms with Crippen molar-refractivity contribution in [2.45, 2.75) is 19.4 Å². The van der Waals surface area contributed by atoms with Gasteiger partial charge >= 0.3 is 0 Å². The first-order valence-electron chi connectivity index (χ1n) is 5.10. The molecule has 0 fully saturated rings. The Balaban J connectivity index is 2.90. The van der Waals surface area contributed by atoms with E-state index in [4.69, 9.17) is 11.6 Å². The molecule has 1 unspecified atom stereocenters. The lowest BCUT2D eigenvalue weighted by molar-refractivity contribution is -0.384. The van der Waals surface area contributed by atoms with Gasteiger partial charge in [-0.15, -0.1) is 0 Å². The molecule has 0 aliphatic rings. The Morgan fingerprint density at radius 1 is 1.56 bits per heavy atom. The van der Waals surface area contributed by atoms with Crippen LogP contribution in [0.15, 0.2) is 12.1 Å². The zero-order valence-corrected chi connectivity index (χ0v) is 9.71. The Morgan fingerprint density at radius 3 is 2.67 bits per heavy atom. The molecule has 6 N–H and O–H groups in total. The summed E-state index contributed by atoms with van der Waals surface area (Å²) in [5.74, 6) is 5.08. The SMILES string of the molecule is CC(CC(N)=O)Nc1cc([N+](=O)[O-])cc(NN)n1. The lowest BCUT2D eigenvalue weighted by Gasteiger charge is -2.13. The first-order valence-corrected chi connectivity index (χ1v) is 5.10. The van der Waals surface area contributed by atoms with E-state index >= 15 is 0 Å². The summed E-state index contributed by atoms with van der Waals surface area (Å²) in [5, 5.41) is 13.5. The molecule has 1 atom stereocenters. The topological polar surface area (TPSA) is 149 Å². The van der Waals surface area contributed by atoms with Crippen LogP contribution in [0, 0.1) is 10.1 Å². The number of carbonyl (C=O) groups is 1. The quantitative estimate of drug-likeness (QED) is 0.316. The number of primary amides is 1. The highest BCUT2D eigenvalue weighted by Gasteiger charge is 2.13. The van der Waals surface area contributed by atoms with Gasteiger partial charge in [0.05, 0.1) is 17.1 Å². The Morgan fingerprint density at radius 2 is 2.17 bits per heavy atom. The van der Waals surface area contributed by atoms with E-state index in [9.17, 15) is 14.9 Å². The van der Waals surface area contributed by atoms with E-state index < -0.39 is 10.8 Å². The second kappa shape index (κ2) is 5.77. The van der Waals surface area contributed by atoms with Gasteiger partial charge in [-0.25, -0.2) is 10.8 Å². The Bertz CT molecular complexity index is 464. The van der Waals surface area contributed by atoms with Crippen molar-refractivity contribution >= 4 is 23.2 Å². The monoisotopic (exact) mass is 254 g/mol. The van der Waals surface area contributed by atoms with Crippen LogP contribution in [0.25, 0.3) is 0 Å². The molecule has 0 aromatic carbocycles. The molecule has 1 heterocycles. The van der Waals surface area contributed by atoms with Crippen molar-refractivity contribution in [3.05, 3.63) is 22.2 Å². The van der Waals surface area contributed by atoms with Crippen molar-refractivity contribution in [1.82, 2.24) is 4.98 Å². The van der Waals surface area contributed by atoms with E-state index in [0.29, 0.717) is 0 Å². The summed E-state index contributed by atoms with van der Waals surface area (Å²) in [7, 11) is 0. The summed E-state index contributed by atoms with van der Waals surface area (Å²) in [6.45, 7) is 1.71. The van der Waals surface area contributed by atoms with Gasteiger partial charge in [-0.3, -0.25) is 14.9 Å². The first-order chi connectivity index (χ1) is 8.42. The van der Waals surface area contributed by atoms with Gasteiger partial charge in [-0.05, 0) is 6.92 Å². The third kappa shape index (κ3) is 3.87. The lowest BCUT2D eigenvalue weighted by Crippen LogP contribution is -2.24. The summed E-state index contributed by atoms with van der Waals surface area (Å²) in [6, 6.07) is 2.16. The molecule has 0 saturated carbocycles. The predicted molar refractivity (Wildman–Crippen MR) is 65.6 cm³/mol. The van der Waals surface area contributed by atoms with Gasteiger partial charge < -0.3 is 16.5 Å². The summed E-state index contributed by atoms with van der Waals surface area (Å²) < 4.78 is 0. The fourth-order valence-electron chi connectivity index (χ4n) is 1.37. The standard InChI is InChI=1S/C9H14N6O3/c1-5(2-7(10)16)12-8-3-6(15(17)18)4-9(13-8)14-11/h3-5H,2,11H2,1H3,(H2,10,16)(H2,12,13,14). The number of hydrogen-bond donors (Lipinski definition) is 4. The number of nitro groups is 1. The molecule has 0 aliphatic carbocycles. The third-order valence-electron chi connectivity index (χ3n) is 2.07. The summed E-state index contributed by atoms with van der Waals surface area (Å²) in [4.78, 5) is 24.8. The Kier molecular flexibility index (Phi) is 4.38. The molecule has 9 heteroatoms. The largest absolute Gasteiger partial charge is 0.370 e. The van der Waals surface area contributed by atoms with E-state index in [1.54, 1.807) is 6.92 Å². The van der Waals surface area contributed by atoms with Crippen LogP contribution in [0.2, 0.25) is 0 Å². The molecule has 1 aromatic heterocycles. The summed E-state index contributed by atoms with van der Waals surface area (Å²) >= 11 is 0. The molecule has 0 spiro atoms. The second-order valence-corrected chi connectivity index (χ2v) is 3.71. The van der Waals surface area contributed by atoms with Crippen molar-refractivity contribution in [2.75, 3.05) is 10.7 Å². The number of aromatic nitrogens is 1. The Hall–Kier alpha value is -2.42. The number of carbonyl (C=O) groups excluding carboxylic acids is 1. The van der Waals surface area contributed by atoms with Crippen LogP contribution in [0.4, 0.5) is 17.3 Å². The molecular weight excluding hydrogens is 240 g/mol. The molecule has 0 aliphatic heterocycles. The smallest absolute Gasteiger partial charge is 0.276 e. The van der Waals surface area contributed by atoms with Crippen molar-refractivity contribution < 1.29 is 9.72 Å². The van der Waals surface area contributed by atoms with Crippen molar-refractivity contribution in [1.29, 1.82) is 0 Å². The number of amides is 1. The fraction of sp³-hybridized carbons (Fsp3) is 0.333. The maximum absolute atomic E-state index is 10.7. The molecule has 1 amide bonds. The average molecular weight is 254 g/mol. The van der Waals surface area contributed by atoms with Gasteiger partial charge in [0, 0.05) is 12.5 Å². The highest BCUT2D eigenvalue weighted by molar-refractivity contribution is 5.74. The maximum Gasteiger partial charge on any atom is 0.276 e. The molecule has 0 saturated heterocycles. The van der Waals surface area contributed by atoms with Crippen LogP contribution in [0.1, 0.15) is 13.3 Å². The minimum Gasteiger partial charge on any atom is -0.370 e. The molecule has 1 aromatic rings. The van der Waals surface area contributed by atoms with E-state index in [1.807, 2.05) is 0 Å². The first kappa shape index (κ1) is 13.6. The number of rotatable bonds is 6. The number of nitrogens with two attached hydrogens (primary N) is 2. The van der Waals surface area contributed by atoms with Gasteiger partial charge in [0.1, 0.15) is 11.6 Å². The number of nitrogens with one attached hydrogen (secondary N) is 2. The fourth-order valence-corrected chi connectivity index (χ4v) is 1.37. The van der Waals surface area contributed by atoms with Crippen molar-refractivity contribution in [2.24, 2.45) is 11.6 Å². The number of hydrazine groups is 1. The zero-order valence-electron chi connectivity index (χ0n) is 9.71. The normalized spacial score (nSPS) is 11.7. The van der Waals surface area contributed by atoms with Gasteiger partial charge in [-0.2, -0.15) is 0 Å². The summed E-state index contributed by atoms with van der Waals surface area (Å²) in [6.07, 6.45) is 0.0930. The number of hydrogen-bond acceptors (Lipinski definition) is 7. The number of anilines is 2. The zero-order chi connectivity index (χ0) is 13.7. The molecule has 0 bridgehead atoms. The molecule has 1 rings (SSSR count). The third-order valence-corrected chi connectivity index (χ3v) is 2.07. The second-order valence-electron chi connectivity index (χ2n) is 3.71. The minimum atomic E-state index is -0.563. The lowest BCUT2D eigenvalue weighted by atomic mass is 10.2. The van der Waals surface area contributed by atoms with E-state index in [0.717, 1.165) is 0 Å². The van der Waals surface area contributed by atoms with Gasteiger partial charge in [0.15, 0.2) is 0 Å². The number of nitrogens with zero attached hydrogens (tertiary/aromatic N) is 2. The minimum absolute atomic E-state index is 0.0930. The van der Waals surface area contributed by atoms with Crippen LogP contribution in [-0.4, -0.2) is 21.9 Å². The van der Waals surface area contributed by atoms with Crippen molar-refractivity contribution in [3.63, 3.8) is 0 Å². The van der Waals surface area contributed by atoms with Crippen molar-refractivity contribution in [3.8, 4) is 0 Å². The highest BCUT2D eigenvalue weighted by Crippen LogP contribution is 2.20. The van der Waals surface area contributed by atoms with E-state index in [1.165, 1.54) is 12.1 Å². The highest BCUT2D eigenvalue weighted by atomic mass is 16.6. The van der Waals surface area contributed by atoms with Crippen LogP contribution in [0.3, 0.4) is 0 Å². The van der Waals surface area contributed by atoms with Crippen LogP contribution in [-0.2, 0) is 4.79 Å². The van der Waals surface area contributed by atoms with Crippen LogP contribution >= 0.6 is 0 Å². The molecule has 18 heavy (non-hydrogen) atoms. The molecular formula is C9H14N6O3. The van der Waals surface area contributed by atoms with Crippen LogP contribution in [0.5, 0.6) is 0 Å². The molecule has 9 nitrogen and oxygen atoms in total. The maximum atomic E-state index is 10.7. The van der Waals surface area contributed by atoms with E-state index in [2.05, 4.69) is 15.7 Å². The predicted octanol–water partition coefficient (Wildman–Crippen LogP) is -0.0488.